The van der Waals surface area contributed by atoms with Crippen LogP contribution in [0.2, 0.25) is 0 Å². The summed E-state index contributed by atoms with van der Waals surface area (Å²) >= 11 is 0. The molecule has 1 saturated carbocycles. The van der Waals surface area contributed by atoms with Crippen molar-refractivity contribution in [1.82, 2.24) is 0 Å². The van der Waals surface area contributed by atoms with E-state index in [1.54, 1.807) is 6.92 Å². The molecule has 0 aromatic carbocycles. The van der Waals surface area contributed by atoms with Gasteiger partial charge in [0, 0.05) is 6.61 Å². The number of hydrogen-bond donors (Lipinski definition) is 1. The van der Waals surface area contributed by atoms with Crippen LogP contribution in [0.15, 0.2) is 0 Å². The van der Waals surface area contributed by atoms with Crippen LogP contribution in [0.25, 0.3) is 0 Å². The van der Waals surface area contributed by atoms with Gasteiger partial charge >= 0.3 is 5.97 Å². The molecule has 0 aromatic rings. The third-order valence-corrected chi connectivity index (χ3v) is 3.35. The lowest BCUT2D eigenvalue weighted by Crippen LogP contribution is -2.40. The van der Waals surface area contributed by atoms with Crippen molar-refractivity contribution >= 4 is 5.97 Å². The predicted octanol–water partition coefficient (Wildman–Crippen LogP) is 2.11. The molecule has 0 radical (unpaired) electrons. The van der Waals surface area contributed by atoms with Crippen LogP contribution in [-0.4, -0.2) is 30.8 Å². The van der Waals surface area contributed by atoms with Crippen LogP contribution in [0, 0.1) is 11.8 Å². The van der Waals surface area contributed by atoms with E-state index >= 15 is 0 Å². The third kappa shape index (κ3) is 5.36. The lowest BCUT2D eigenvalue weighted by molar-refractivity contribution is -0.162. The van der Waals surface area contributed by atoms with Crippen LogP contribution >= 0.6 is 0 Å². The highest BCUT2D eigenvalue weighted by Crippen LogP contribution is 2.32. The molecule has 1 rings (SSSR count). The number of ether oxygens (including phenoxy) is 2. The SMILES string of the molecule is CC(C)[C@@H](OC(=O)[C@H](C)N)[C@H](C)OCCC1CC1. The minimum atomic E-state index is -0.579. The van der Waals surface area contributed by atoms with Gasteiger partial charge in [-0.2, -0.15) is 0 Å². The first-order chi connectivity index (χ1) is 8.41. The second-order valence-electron chi connectivity index (χ2n) is 5.74. The maximum Gasteiger partial charge on any atom is 0.322 e. The van der Waals surface area contributed by atoms with E-state index in [9.17, 15) is 4.79 Å². The molecular weight excluding hydrogens is 230 g/mol. The maximum absolute atomic E-state index is 11.6. The van der Waals surface area contributed by atoms with Crippen molar-refractivity contribution in [2.24, 2.45) is 17.6 Å². The Balaban J connectivity index is 2.35. The highest BCUT2D eigenvalue weighted by molar-refractivity contribution is 5.75. The van der Waals surface area contributed by atoms with E-state index < -0.39 is 6.04 Å². The average molecular weight is 257 g/mol. The smallest absolute Gasteiger partial charge is 0.322 e. The average Bonchev–Trinajstić information content (AvgIpc) is 3.08. The van der Waals surface area contributed by atoms with Gasteiger partial charge in [0.15, 0.2) is 0 Å². The van der Waals surface area contributed by atoms with E-state index in [4.69, 9.17) is 15.2 Å². The van der Waals surface area contributed by atoms with Crippen molar-refractivity contribution in [3.8, 4) is 0 Å². The van der Waals surface area contributed by atoms with Gasteiger partial charge in [-0.1, -0.05) is 26.7 Å². The van der Waals surface area contributed by atoms with Gasteiger partial charge in [0.1, 0.15) is 12.1 Å². The molecule has 0 unspecified atom stereocenters. The largest absolute Gasteiger partial charge is 0.458 e. The summed E-state index contributed by atoms with van der Waals surface area (Å²) in [7, 11) is 0. The Bertz CT molecular complexity index is 262. The third-order valence-electron chi connectivity index (χ3n) is 3.35. The molecule has 0 saturated heterocycles. The number of esters is 1. The summed E-state index contributed by atoms with van der Waals surface area (Å²) in [5.74, 6) is 0.733. The standard InChI is InChI=1S/C14H27NO3/c1-9(2)13(18-14(16)10(3)15)11(4)17-8-7-12-5-6-12/h9-13H,5-8,15H2,1-4H3/t10-,11-,13+/m0/s1. The number of nitrogens with two attached hydrogens (primary N) is 1. The minimum Gasteiger partial charge on any atom is -0.458 e. The molecule has 3 atom stereocenters. The van der Waals surface area contributed by atoms with E-state index in [1.165, 1.54) is 12.8 Å². The first-order valence-electron chi connectivity index (χ1n) is 6.99. The zero-order chi connectivity index (χ0) is 13.7. The zero-order valence-corrected chi connectivity index (χ0v) is 12.0. The predicted molar refractivity (Wildman–Crippen MR) is 71.1 cm³/mol. The summed E-state index contributed by atoms with van der Waals surface area (Å²) < 4.78 is 11.2. The van der Waals surface area contributed by atoms with Gasteiger partial charge in [0.25, 0.3) is 0 Å². The Morgan fingerprint density at radius 2 is 1.89 bits per heavy atom. The number of rotatable bonds is 8. The van der Waals surface area contributed by atoms with Crippen molar-refractivity contribution in [3.63, 3.8) is 0 Å². The van der Waals surface area contributed by atoms with E-state index in [1.807, 2.05) is 20.8 Å². The molecule has 4 heteroatoms. The molecule has 1 aliphatic carbocycles. The zero-order valence-electron chi connectivity index (χ0n) is 12.0. The Morgan fingerprint density at radius 3 is 2.33 bits per heavy atom. The second kappa shape index (κ2) is 7.10. The molecule has 4 nitrogen and oxygen atoms in total. The molecule has 106 valence electrons. The molecule has 0 heterocycles. The lowest BCUT2D eigenvalue weighted by Gasteiger charge is -2.28. The molecule has 0 aliphatic heterocycles. The van der Waals surface area contributed by atoms with Crippen molar-refractivity contribution in [1.29, 1.82) is 0 Å². The summed E-state index contributed by atoms with van der Waals surface area (Å²) in [6, 6.07) is -0.579. The molecule has 1 fully saturated rings. The van der Waals surface area contributed by atoms with Gasteiger partial charge in [-0.3, -0.25) is 4.79 Å². The lowest BCUT2D eigenvalue weighted by atomic mass is 10.0. The molecular formula is C14H27NO3. The van der Waals surface area contributed by atoms with Gasteiger partial charge in [-0.15, -0.1) is 0 Å². The molecule has 2 N–H and O–H groups in total. The first-order valence-corrected chi connectivity index (χ1v) is 6.99. The van der Waals surface area contributed by atoms with E-state index in [-0.39, 0.29) is 24.1 Å². The highest BCUT2D eigenvalue weighted by Gasteiger charge is 2.27. The fourth-order valence-electron chi connectivity index (χ4n) is 1.94. The minimum absolute atomic E-state index is 0.0774. The molecule has 18 heavy (non-hydrogen) atoms. The molecule has 0 aromatic heterocycles. The van der Waals surface area contributed by atoms with Crippen LogP contribution in [0.3, 0.4) is 0 Å². The molecule has 1 aliphatic rings. The Morgan fingerprint density at radius 1 is 1.28 bits per heavy atom. The van der Waals surface area contributed by atoms with Crippen LogP contribution in [0.4, 0.5) is 0 Å². The quantitative estimate of drug-likeness (QED) is 0.676. The fourth-order valence-corrected chi connectivity index (χ4v) is 1.94. The van der Waals surface area contributed by atoms with Crippen molar-refractivity contribution in [2.75, 3.05) is 6.61 Å². The number of carbonyl (C=O) groups excluding carboxylic acids is 1. The number of hydrogen-bond acceptors (Lipinski definition) is 4. The van der Waals surface area contributed by atoms with E-state index in [0.29, 0.717) is 0 Å². The van der Waals surface area contributed by atoms with Crippen molar-refractivity contribution < 1.29 is 14.3 Å². The van der Waals surface area contributed by atoms with Crippen LogP contribution in [-0.2, 0) is 14.3 Å². The van der Waals surface area contributed by atoms with Gasteiger partial charge in [-0.25, -0.2) is 0 Å². The van der Waals surface area contributed by atoms with Crippen LogP contribution < -0.4 is 5.73 Å². The monoisotopic (exact) mass is 257 g/mol. The highest BCUT2D eigenvalue weighted by atomic mass is 16.6. The molecule has 0 amide bonds. The number of carbonyl (C=O) groups is 1. The van der Waals surface area contributed by atoms with Gasteiger partial charge in [0.05, 0.1) is 6.10 Å². The summed E-state index contributed by atoms with van der Waals surface area (Å²) in [6.07, 6.45) is 3.50. The van der Waals surface area contributed by atoms with Crippen LogP contribution in [0.5, 0.6) is 0 Å². The summed E-state index contributed by atoms with van der Waals surface area (Å²) in [4.78, 5) is 11.6. The second-order valence-corrected chi connectivity index (χ2v) is 5.74. The van der Waals surface area contributed by atoms with E-state index in [2.05, 4.69) is 0 Å². The van der Waals surface area contributed by atoms with E-state index in [0.717, 1.165) is 18.9 Å². The first kappa shape index (κ1) is 15.4. The molecule has 0 spiro atoms. The summed E-state index contributed by atoms with van der Waals surface area (Å²) in [6.45, 7) is 8.41. The summed E-state index contributed by atoms with van der Waals surface area (Å²) in [5, 5.41) is 0. The maximum atomic E-state index is 11.6. The fraction of sp³-hybridized carbons (Fsp3) is 0.929. The van der Waals surface area contributed by atoms with Crippen molar-refractivity contribution in [3.05, 3.63) is 0 Å². The van der Waals surface area contributed by atoms with Gasteiger partial charge in [0.2, 0.25) is 0 Å². The van der Waals surface area contributed by atoms with Crippen molar-refractivity contribution in [2.45, 2.75) is 65.2 Å². The van der Waals surface area contributed by atoms with Gasteiger partial charge < -0.3 is 15.2 Å². The Kier molecular flexibility index (Phi) is 6.09. The van der Waals surface area contributed by atoms with Gasteiger partial charge in [-0.05, 0) is 32.1 Å². The Labute approximate surface area is 110 Å². The molecule has 0 bridgehead atoms. The Hall–Kier alpha value is -0.610. The van der Waals surface area contributed by atoms with Crippen LogP contribution in [0.1, 0.15) is 47.0 Å². The topological polar surface area (TPSA) is 61.5 Å². The normalized spacial score (nSPS) is 20.6. The summed E-state index contributed by atoms with van der Waals surface area (Å²) in [5.41, 5.74) is 5.52.